The molecule has 4 N–H and O–H groups in total. The Morgan fingerprint density at radius 3 is 2.50 bits per heavy atom. The highest BCUT2D eigenvalue weighted by Crippen LogP contribution is 2.24. The van der Waals surface area contributed by atoms with Crippen molar-refractivity contribution in [3.8, 4) is 0 Å². The minimum atomic E-state index is -3.90. The minimum absolute atomic E-state index is 0.0169. The number of H-pyrrole nitrogens is 1. The van der Waals surface area contributed by atoms with Gasteiger partial charge in [0.2, 0.25) is 5.91 Å². The number of nitrogens with two attached hydrogens (primary N) is 1. The number of oxazole rings is 1. The number of hydrogen-bond donors (Lipinski definition) is 3. The highest BCUT2D eigenvalue weighted by Gasteiger charge is 2.19. The Morgan fingerprint density at radius 1 is 1.21 bits per heavy atom. The van der Waals surface area contributed by atoms with Gasteiger partial charge in [-0.15, -0.1) is 0 Å². The number of anilines is 1. The van der Waals surface area contributed by atoms with E-state index in [-0.39, 0.29) is 21.7 Å². The van der Waals surface area contributed by atoms with Crippen molar-refractivity contribution in [3.05, 3.63) is 58.1 Å². The molecule has 3 rings (SSSR count). The van der Waals surface area contributed by atoms with E-state index in [1.54, 1.807) is 6.92 Å². The summed E-state index contributed by atoms with van der Waals surface area (Å²) in [4.78, 5) is 24.7. The largest absolute Gasteiger partial charge is 0.417 e. The molecule has 9 heteroatoms. The summed E-state index contributed by atoms with van der Waals surface area (Å²) >= 11 is 0. The standard InChI is InChI=1S/C15H13N3O5S/c1-8-6-11-12(23-15(20)17-11)7-13(8)24(21,22)18-10-4-2-9(3-5-10)14(16)19/h2-7,18H,1H3,(H2,16,19)(H,17,20). The monoisotopic (exact) mass is 347 g/mol. The van der Waals surface area contributed by atoms with Crippen molar-refractivity contribution in [2.75, 3.05) is 4.72 Å². The van der Waals surface area contributed by atoms with E-state index in [4.69, 9.17) is 10.2 Å². The number of aromatic amines is 1. The van der Waals surface area contributed by atoms with Crippen molar-refractivity contribution in [2.24, 2.45) is 5.73 Å². The minimum Gasteiger partial charge on any atom is -0.408 e. The van der Waals surface area contributed by atoms with Crippen molar-refractivity contribution in [3.63, 3.8) is 0 Å². The molecule has 124 valence electrons. The van der Waals surface area contributed by atoms with Crippen LogP contribution < -0.4 is 16.2 Å². The Labute approximate surface area is 136 Å². The second-order valence-corrected chi connectivity index (χ2v) is 6.83. The Bertz CT molecular complexity index is 1090. The topological polar surface area (TPSA) is 135 Å². The van der Waals surface area contributed by atoms with Crippen LogP contribution in [0.5, 0.6) is 0 Å². The van der Waals surface area contributed by atoms with Crippen LogP contribution in [-0.4, -0.2) is 19.3 Å². The predicted molar refractivity (Wildman–Crippen MR) is 87.3 cm³/mol. The van der Waals surface area contributed by atoms with Crippen molar-refractivity contribution < 1.29 is 17.6 Å². The quantitative estimate of drug-likeness (QED) is 0.654. The number of carbonyl (C=O) groups is 1. The number of aryl methyl sites for hydroxylation is 1. The van der Waals surface area contributed by atoms with E-state index in [0.717, 1.165) is 0 Å². The van der Waals surface area contributed by atoms with Crippen LogP contribution in [0.2, 0.25) is 0 Å². The van der Waals surface area contributed by atoms with E-state index in [2.05, 4.69) is 9.71 Å². The lowest BCUT2D eigenvalue weighted by Crippen LogP contribution is -2.15. The highest BCUT2D eigenvalue weighted by atomic mass is 32.2. The number of hydrogen-bond acceptors (Lipinski definition) is 5. The molecule has 0 bridgehead atoms. The fourth-order valence-corrected chi connectivity index (χ4v) is 3.59. The zero-order chi connectivity index (χ0) is 17.5. The van der Waals surface area contributed by atoms with Crippen molar-refractivity contribution in [2.45, 2.75) is 11.8 Å². The molecule has 3 aromatic rings. The van der Waals surface area contributed by atoms with E-state index in [0.29, 0.717) is 11.1 Å². The zero-order valence-corrected chi connectivity index (χ0v) is 13.3. The summed E-state index contributed by atoms with van der Waals surface area (Å²) in [5, 5.41) is 0. The van der Waals surface area contributed by atoms with Crippen molar-refractivity contribution in [1.29, 1.82) is 0 Å². The SMILES string of the molecule is Cc1cc2[nH]c(=O)oc2cc1S(=O)(=O)Nc1ccc(C(N)=O)cc1. The van der Waals surface area contributed by atoms with Gasteiger partial charge >= 0.3 is 5.76 Å². The first kappa shape index (κ1) is 15.8. The molecule has 1 heterocycles. The number of carbonyl (C=O) groups excluding carboxylic acids is 1. The van der Waals surface area contributed by atoms with E-state index < -0.39 is 21.7 Å². The molecular weight excluding hydrogens is 334 g/mol. The van der Waals surface area contributed by atoms with Crippen molar-refractivity contribution >= 4 is 32.7 Å². The Morgan fingerprint density at radius 2 is 1.88 bits per heavy atom. The average Bonchev–Trinajstić information content (AvgIpc) is 2.85. The molecule has 0 spiro atoms. The number of rotatable bonds is 4. The summed E-state index contributed by atoms with van der Waals surface area (Å²) in [5.74, 6) is -1.26. The molecule has 0 fully saturated rings. The van der Waals surface area contributed by atoms with Gasteiger partial charge in [0.05, 0.1) is 10.4 Å². The summed E-state index contributed by atoms with van der Waals surface area (Å²) in [5.41, 5.74) is 6.69. The van der Waals surface area contributed by atoms with Crippen molar-refractivity contribution in [1.82, 2.24) is 4.98 Å². The third-order valence-electron chi connectivity index (χ3n) is 3.43. The molecule has 0 aliphatic rings. The molecule has 2 aromatic carbocycles. The molecular formula is C15H13N3O5S. The first-order chi connectivity index (χ1) is 11.3. The van der Waals surface area contributed by atoms with E-state index in [1.807, 2.05) is 0 Å². The van der Waals surface area contributed by atoms with Gasteiger partial charge in [-0.1, -0.05) is 0 Å². The first-order valence-electron chi connectivity index (χ1n) is 6.82. The summed E-state index contributed by atoms with van der Waals surface area (Å²) in [6.07, 6.45) is 0. The number of primary amides is 1. The maximum Gasteiger partial charge on any atom is 0.417 e. The van der Waals surface area contributed by atoms with Crippen LogP contribution in [-0.2, 0) is 10.0 Å². The fourth-order valence-electron chi connectivity index (χ4n) is 2.29. The molecule has 0 saturated carbocycles. The van der Waals surface area contributed by atoms with Gasteiger partial charge in [-0.25, -0.2) is 13.2 Å². The Kier molecular flexibility index (Phi) is 3.64. The summed E-state index contributed by atoms with van der Waals surface area (Å²) < 4.78 is 32.4. The van der Waals surface area contributed by atoms with Gasteiger partial charge in [0.25, 0.3) is 10.0 Å². The van der Waals surface area contributed by atoms with E-state index in [1.165, 1.54) is 36.4 Å². The Balaban J connectivity index is 1.99. The zero-order valence-electron chi connectivity index (χ0n) is 12.5. The van der Waals surface area contributed by atoms with Gasteiger partial charge in [-0.05, 0) is 42.8 Å². The molecule has 0 radical (unpaired) electrons. The van der Waals surface area contributed by atoms with Gasteiger partial charge in [0.15, 0.2) is 5.58 Å². The molecule has 0 atom stereocenters. The molecule has 0 aliphatic heterocycles. The summed E-state index contributed by atoms with van der Waals surface area (Å²) in [7, 11) is -3.90. The second-order valence-electron chi connectivity index (χ2n) is 5.18. The number of amides is 1. The van der Waals surface area contributed by atoms with Gasteiger partial charge in [-0.3, -0.25) is 14.5 Å². The van der Waals surface area contributed by atoms with Crippen LogP contribution in [0.15, 0.2) is 50.5 Å². The fraction of sp³-hybridized carbons (Fsp3) is 0.0667. The van der Waals surface area contributed by atoms with Crippen LogP contribution in [0.1, 0.15) is 15.9 Å². The number of sulfonamides is 1. The van der Waals surface area contributed by atoms with Gasteiger partial charge in [0, 0.05) is 17.3 Å². The van der Waals surface area contributed by atoms with Gasteiger partial charge in [0.1, 0.15) is 0 Å². The van der Waals surface area contributed by atoms with Crippen LogP contribution in [0.25, 0.3) is 11.1 Å². The maximum atomic E-state index is 12.6. The molecule has 0 unspecified atom stereocenters. The van der Waals surface area contributed by atoms with Crippen LogP contribution >= 0.6 is 0 Å². The van der Waals surface area contributed by atoms with Crippen LogP contribution in [0.4, 0.5) is 5.69 Å². The van der Waals surface area contributed by atoms with Gasteiger partial charge < -0.3 is 10.2 Å². The number of aromatic nitrogens is 1. The molecule has 1 amide bonds. The van der Waals surface area contributed by atoms with Crippen LogP contribution in [0.3, 0.4) is 0 Å². The van der Waals surface area contributed by atoms with E-state index in [9.17, 15) is 18.0 Å². The lowest BCUT2D eigenvalue weighted by atomic mass is 10.2. The second kappa shape index (κ2) is 5.53. The molecule has 24 heavy (non-hydrogen) atoms. The smallest absolute Gasteiger partial charge is 0.408 e. The predicted octanol–water partition coefficient (Wildman–Crippen LogP) is 1.33. The highest BCUT2D eigenvalue weighted by molar-refractivity contribution is 7.92. The first-order valence-corrected chi connectivity index (χ1v) is 8.31. The maximum absolute atomic E-state index is 12.6. The molecule has 1 aromatic heterocycles. The Hall–Kier alpha value is -3.07. The average molecular weight is 347 g/mol. The summed E-state index contributed by atoms with van der Waals surface area (Å²) in [6.45, 7) is 1.61. The third kappa shape index (κ3) is 2.88. The van der Waals surface area contributed by atoms with Gasteiger partial charge in [-0.2, -0.15) is 0 Å². The lowest BCUT2D eigenvalue weighted by molar-refractivity contribution is 0.100. The van der Waals surface area contributed by atoms with E-state index >= 15 is 0 Å². The normalized spacial score (nSPS) is 11.5. The number of nitrogens with one attached hydrogen (secondary N) is 2. The number of benzene rings is 2. The summed E-state index contributed by atoms with van der Waals surface area (Å²) in [6, 6.07) is 8.50. The molecule has 0 saturated heterocycles. The molecule has 0 aliphatic carbocycles. The van der Waals surface area contributed by atoms with Crippen LogP contribution in [0, 0.1) is 6.92 Å². The lowest BCUT2D eigenvalue weighted by Gasteiger charge is -2.10. The third-order valence-corrected chi connectivity index (χ3v) is 4.95. The molecule has 8 nitrogen and oxygen atoms in total. The number of fused-ring (bicyclic) bond motifs is 1.